The van der Waals surface area contributed by atoms with Crippen molar-refractivity contribution in [2.75, 3.05) is 5.32 Å². The minimum atomic E-state index is -0.466. The van der Waals surface area contributed by atoms with E-state index >= 15 is 0 Å². The van der Waals surface area contributed by atoms with Crippen LogP contribution in [0.2, 0.25) is 0 Å². The summed E-state index contributed by atoms with van der Waals surface area (Å²) >= 11 is 7.70. The number of benzene rings is 4. The van der Waals surface area contributed by atoms with E-state index in [1.165, 1.54) is 11.8 Å². The predicted molar refractivity (Wildman–Crippen MR) is 194 cm³/mol. The number of thioether (sulfide) groups is 1. The van der Waals surface area contributed by atoms with E-state index in [1.54, 1.807) is 9.58 Å². The van der Waals surface area contributed by atoms with Crippen LogP contribution in [-0.2, 0) is 11.8 Å². The molecular weight excluding hydrogens is 623 g/mol. The second-order valence-corrected chi connectivity index (χ2v) is 13.0. The van der Waals surface area contributed by atoms with Crippen LogP contribution < -0.4 is 10.9 Å². The van der Waals surface area contributed by atoms with Gasteiger partial charge in [0.25, 0.3) is 11.5 Å². The summed E-state index contributed by atoms with van der Waals surface area (Å²) in [7, 11) is 1.90. The van der Waals surface area contributed by atoms with Crippen LogP contribution in [0, 0.1) is 6.92 Å². The van der Waals surface area contributed by atoms with E-state index in [-0.39, 0.29) is 11.5 Å². The Morgan fingerprint density at radius 1 is 0.766 bits per heavy atom. The third-order valence-corrected chi connectivity index (χ3v) is 10.1. The van der Waals surface area contributed by atoms with Crippen LogP contribution in [0.3, 0.4) is 0 Å². The fourth-order valence-corrected chi connectivity index (χ4v) is 8.13. The smallest absolute Gasteiger partial charge is 0.276 e. The summed E-state index contributed by atoms with van der Waals surface area (Å²) in [6.45, 7) is 1.86. The monoisotopic (exact) mass is 651 g/mol. The van der Waals surface area contributed by atoms with E-state index in [1.807, 2.05) is 122 Å². The topological polar surface area (TPSA) is 64.2 Å². The van der Waals surface area contributed by atoms with Gasteiger partial charge in [0, 0.05) is 12.6 Å². The van der Waals surface area contributed by atoms with Gasteiger partial charge in [-0.05, 0) is 41.8 Å². The van der Waals surface area contributed by atoms with Gasteiger partial charge in [0.1, 0.15) is 16.6 Å². The molecule has 2 aliphatic rings. The van der Waals surface area contributed by atoms with Crippen molar-refractivity contribution in [3.05, 3.63) is 153 Å². The summed E-state index contributed by atoms with van der Waals surface area (Å²) < 4.78 is 5.71. The quantitative estimate of drug-likeness (QED) is 0.154. The van der Waals surface area contributed by atoms with Gasteiger partial charge in [-0.3, -0.25) is 23.7 Å². The number of fused-ring (bicyclic) bond motifs is 2. The number of rotatable bonds is 5. The number of para-hydroxylation sites is 1. The van der Waals surface area contributed by atoms with Crippen molar-refractivity contribution in [2.45, 2.75) is 12.4 Å². The van der Waals surface area contributed by atoms with Gasteiger partial charge >= 0.3 is 0 Å². The number of nitrogens with one attached hydrogen (secondary N) is 1. The van der Waals surface area contributed by atoms with Crippen LogP contribution in [0.25, 0.3) is 40.0 Å². The Hall–Kier alpha value is -5.38. The Labute approximate surface area is 281 Å². The number of carbonyl (C=O) groups excluding carboxylic acids is 1. The van der Waals surface area contributed by atoms with Crippen molar-refractivity contribution in [1.29, 1.82) is 0 Å². The summed E-state index contributed by atoms with van der Waals surface area (Å²) in [4.78, 5) is 30.7. The first-order chi connectivity index (χ1) is 22.9. The van der Waals surface area contributed by atoms with E-state index in [0.29, 0.717) is 21.3 Å². The van der Waals surface area contributed by atoms with E-state index < -0.39 is 5.50 Å². The molecule has 6 aromatic rings. The van der Waals surface area contributed by atoms with E-state index in [0.717, 1.165) is 45.0 Å². The summed E-state index contributed by atoms with van der Waals surface area (Å²) in [6.07, 6.45) is 1.91. The van der Waals surface area contributed by atoms with Gasteiger partial charge in [-0.15, -0.1) is 0 Å². The molecular formula is C38H29N5O2S2. The molecule has 1 fully saturated rings. The molecule has 2 aromatic heterocycles. The zero-order chi connectivity index (χ0) is 32.2. The second-order valence-electron chi connectivity index (χ2n) is 11.5. The molecule has 0 aliphatic carbocycles. The molecule has 230 valence electrons. The molecule has 0 saturated carbocycles. The molecule has 0 spiro atoms. The number of nitrogens with zero attached hydrogens (tertiary/aromatic N) is 4. The van der Waals surface area contributed by atoms with Gasteiger partial charge < -0.3 is 5.32 Å². The number of hydrogen-bond donors (Lipinski definition) is 1. The van der Waals surface area contributed by atoms with Gasteiger partial charge in [-0.2, -0.15) is 0 Å². The molecule has 1 saturated heterocycles. The maximum Gasteiger partial charge on any atom is 0.276 e. The van der Waals surface area contributed by atoms with Crippen molar-refractivity contribution in [1.82, 2.24) is 18.8 Å². The lowest BCUT2D eigenvalue weighted by Crippen LogP contribution is -2.45. The van der Waals surface area contributed by atoms with Crippen LogP contribution in [0.15, 0.2) is 131 Å². The molecule has 7 nitrogen and oxygen atoms in total. The zero-order valence-corrected chi connectivity index (χ0v) is 27.3. The number of thiocarbonyl (C=S) groups is 1. The minimum Gasteiger partial charge on any atom is -0.341 e. The lowest BCUT2D eigenvalue weighted by atomic mass is 9.96. The Bertz CT molecular complexity index is 2270. The van der Waals surface area contributed by atoms with Crippen LogP contribution >= 0.6 is 24.0 Å². The summed E-state index contributed by atoms with van der Waals surface area (Å²) in [6, 6.07) is 39.7. The molecule has 0 radical (unpaired) electrons. The van der Waals surface area contributed by atoms with Gasteiger partial charge in [0.15, 0.2) is 5.50 Å². The molecule has 1 unspecified atom stereocenters. The van der Waals surface area contributed by atoms with Crippen molar-refractivity contribution in [3.63, 3.8) is 0 Å². The van der Waals surface area contributed by atoms with E-state index in [9.17, 15) is 9.59 Å². The highest BCUT2D eigenvalue weighted by Gasteiger charge is 2.46. The highest BCUT2D eigenvalue weighted by molar-refractivity contribution is 8.05. The zero-order valence-electron chi connectivity index (χ0n) is 25.6. The number of aromatic nitrogens is 3. The van der Waals surface area contributed by atoms with Gasteiger partial charge in [-0.1, -0.05) is 133 Å². The first-order valence-corrected chi connectivity index (χ1v) is 16.5. The Balaban J connectivity index is 1.42. The summed E-state index contributed by atoms with van der Waals surface area (Å²) in [5.74, 6) is 1.30. The lowest BCUT2D eigenvalue weighted by molar-refractivity contribution is -0.122. The Morgan fingerprint density at radius 3 is 1.98 bits per heavy atom. The van der Waals surface area contributed by atoms with Crippen molar-refractivity contribution in [2.24, 2.45) is 7.05 Å². The average molecular weight is 652 g/mol. The van der Waals surface area contributed by atoms with Gasteiger partial charge in [0.2, 0.25) is 0 Å². The van der Waals surface area contributed by atoms with Gasteiger partial charge in [-0.25, -0.2) is 4.68 Å². The number of hydrogen-bond acceptors (Lipinski definition) is 5. The normalized spacial score (nSPS) is 16.3. The molecule has 1 atom stereocenters. The fraction of sp³-hybridized carbons (Fsp3) is 0.0789. The van der Waals surface area contributed by atoms with Crippen LogP contribution in [0.5, 0.6) is 0 Å². The predicted octanol–water partition coefficient (Wildman–Crippen LogP) is 7.61. The molecule has 9 heteroatoms. The van der Waals surface area contributed by atoms with Crippen LogP contribution in [0.4, 0.5) is 5.82 Å². The lowest BCUT2D eigenvalue weighted by Gasteiger charge is -2.32. The SMILES string of the molecule is Cc1c(-n2c3c(c(-c4ccccc4)c2-c2ccccc2)C(=S)N2C(=O)/C(=C/c4ccccc4)SC2N3)n(C)n(-c2ccccc2)c1=O. The number of anilines is 1. The highest BCUT2D eigenvalue weighted by Crippen LogP contribution is 2.50. The van der Waals surface area contributed by atoms with Crippen molar-refractivity contribution in [3.8, 4) is 33.9 Å². The Morgan fingerprint density at radius 2 is 1.34 bits per heavy atom. The van der Waals surface area contributed by atoms with Crippen molar-refractivity contribution < 1.29 is 4.79 Å². The van der Waals surface area contributed by atoms with E-state index in [2.05, 4.69) is 34.1 Å². The van der Waals surface area contributed by atoms with Crippen molar-refractivity contribution >= 4 is 46.8 Å². The molecule has 4 heterocycles. The number of amides is 1. The molecule has 1 N–H and O–H groups in total. The molecule has 1 amide bonds. The second kappa shape index (κ2) is 11.5. The largest absolute Gasteiger partial charge is 0.341 e. The summed E-state index contributed by atoms with van der Waals surface area (Å²) in [5, 5.41) is 3.70. The fourth-order valence-electron chi connectivity index (χ4n) is 6.56. The minimum absolute atomic E-state index is 0.116. The highest BCUT2D eigenvalue weighted by atomic mass is 32.2. The number of carbonyl (C=O) groups is 1. The molecule has 8 rings (SSSR count). The average Bonchev–Trinajstić information content (AvgIpc) is 3.68. The molecule has 2 aliphatic heterocycles. The molecule has 0 bridgehead atoms. The third-order valence-electron chi connectivity index (χ3n) is 8.64. The maximum atomic E-state index is 14.0. The summed E-state index contributed by atoms with van der Waals surface area (Å²) in [5.41, 5.74) is 6.13. The first kappa shape index (κ1) is 29.1. The van der Waals surface area contributed by atoms with Crippen LogP contribution in [0.1, 0.15) is 16.7 Å². The Kier molecular flexibility index (Phi) is 7.08. The third kappa shape index (κ3) is 4.61. The van der Waals surface area contributed by atoms with Gasteiger partial charge in [0.05, 0.1) is 27.4 Å². The molecule has 47 heavy (non-hydrogen) atoms. The van der Waals surface area contributed by atoms with E-state index in [4.69, 9.17) is 12.2 Å². The first-order valence-electron chi connectivity index (χ1n) is 15.3. The van der Waals surface area contributed by atoms with Crippen LogP contribution in [-0.4, -0.2) is 35.2 Å². The molecule has 4 aromatic carbocycles. The maximum absolute atomic E-state index is 14.0. The standard InChI is InChI=1S/C38H29N5O2S2/c1-24-34(40(2)43(35(24)44)28-21-13-6-14-22-28)41-32(27-19-11-5-12-20-27)30(26-17-9-4-10-18-26)31-33(41)39-38-42(37(31)46)36(45)29(47-38)23-25-15-7-3-8-16-25/h3-23,38-39H,1-2H3/b29-23-.